The van der Waals surface area contributed by atoms with E-state index < -0.39 is 10.4 Å². The van der Waals surface area contributed by atoms with Crippen molar-refractivity contribution in [1.82, 2.24) is 0 Å². The number of hydrogen-bond acceptors (Lipinski definition) is 3. The van der Waals surface area contributed by atoms with E-state index in [9.17, 15) is 8.42 Å². The topological polar surface area (TPSA) is 63.6 Å². The van der Waals surface area contributed by atoms with E-state index in [0.717, 1.165) is 6.42 Å². The lowest BCUT2D eigenvalue weighted by Crippen LogP contribution is -2.57. The van der Waals surface area contributed by atoms with Gasteiger partial charge in [-0.2, -0.15) is 8.42 Å². The molecule has 3 saturated carbocycles. The zero-order chi connectivity index (χ0) is 11.4. The maximum atomic E-state index is 10.7. The Morgan fingerprint density at radius 2 is 1.93 bits per heavy atom. The average Bonchev–Trinajstić information content (AvgIpc) is 2.05. The van der Waals surface area contributed by atoms with Gasteiger partial charge in [0.2, 0.25) is 0 Å². The van der Waals surface area contributed by atoms with Gasteiger partial charge in [-0.1, -0.05) is 20.8 Å². The van der Waals surface area contributed by atoms with Crippen molar-refractivity contribution in [2.75, 3.05) is 0 Å². The highest BCUT2D eigenvalue weighted by molar-refractivity contribution is 7.80. The van der Waals surface area contributed by atoms with E-state index in [2.05, 4.69) is 13.8 Å². The van der Waals surface area contributed by atoms with Crippen molar-refractivity contribution >= 4 is 10.4 Å². The van der Waals surface area contributed by atoms with Gasteiger partial charge in [0.15, 0.2) is 0 Å². The molecule has 0 spiro atoms. The number of rotatable bonds is 2. The zero-order valence-corrected chi connectivity index (χ0v) is 10.1. The Balaban J connectivity index is 2.09. The minimum Gasteiger partial charge on any atom is -0.264 e. The van der Waals surface area contributed by atoms with E-state index >= 15 is 0 Å². The highest BCUT2D eigenvalue weighted by atomic mass is 32.3. The molecule has 0 aromatic heterocycles. The summed E-state index contributed by atoms with van der Waals surface area (Å²) >= 11 is 0. The molecular weight excluding hydrogens is 216 g/mol. The quantitative estimate of drug-likeness (QED) is 0.741. The largest absolute Gasteiger partial charge is 0.397 e. The minimum atomic E-state index is -4.30. The van der Waals surface area contributed by atoms with Crippen molar-refractivity contribution < 1.29 is 17.2 Å². The SMILES string of the molecule is C[C@@H]1[C@@H](OS(=O)(=O)O)C[C@H]2C[C@@H]1C2(C)C. The molecule has 3 aliphatic rings. The van der Waals surface area contributed by atoms with Gasteiger partial charge < -0.3 is 0 Å². The Morgan fingerprint density at radius 3 is 2.33 bits per heavy atom. The lowest BCUT2D eigenvalue weighted by molar-refractivity contribution is -0.147. The third-order valence-electron chi connectivity index (χ3n) is 4.53. The monoisotopic (exact) mass is 234 g/mol. The summed E-state index contributed by atoms with van der Waals surface area (Å²) in [4.78, 5) is 0. The molecule has 3 rings (SSSR count). The molecule has 0 unspecified atom stereocenters. The Labute approximate surface area is 91.0 Å². The van der Waals surface area contributed by atoms with Crippen LogP contribution in [-0.2, 0) is 14.6 Å². The van der Waals surface area contributed by atoms with Gasteiger partial charge in [0.05, 0.1) is 6.10 Å². The number of fused-ring (bicyclic) bond motifs is 2. The van der Waals surface area contributed by atoms with Crippen LogP contribution >= 0.6 is 0 Å². The summed E-state index contributed by atoms with van der Waals surface area (Å²) in [7, 11) is -4.30. The second kappa shape index (κ2) is 3.18. The average molecular weight is 234 g/mol. The summed E-state index contributed by atoms with van der Waals surface area (Å²) < 4.78 is 34.7. The molecule has 4 nitrogen and oxygen atoms in total. The van der Waals surface area contributed by atoms with Crippen LogP contribution in [0.3, 0.4) is 0 Å². The van der Waals surface area contributed by atoms with Crippen LogP contribution in [0, 0.1) is 23.2 Å². The predicted molar refractivity (Wildman–Crippen MR) is 55.6 cm³/mol. The van der Waals surface area contributed by atoms with E-state index in [1.54, 1.807) is 0 Å². The normalized spacial score (nSPS) is 43.5. The van der Waals surface area contributed by atoms with Crippen LogP contribution in [0.25, 0.3) is 0 Å². The second-order valence-corrected chi connectivity index (χ2v) is 6.57. The molecule has 0 radical (unpaired) electrons. The van der Waals surface area contributed by atoms with Crippen LogP contribution in [0.2, 0.25) is 0 Å². The van der Waals surface area contributed by atoms with Crippen molar-refractivity contribution in [2.24, 2.45) is 23.2 Å². The van der Waals surface area contributed by atoms with E-state index in [-0.39, 0.29) is 12.0 Å². The Morgan fingerprint density at radius 1 is 1.33 bits per heavy atom. The Kier molecular flexibility index (Phi) is 2.41. The summed E-state index contributed by atoms with van der Waals surface area (Å²) in [5.41, 5.74) is 0.304. The van der Waals surface area contributed by atoms with Gasteiger partial charge in [0.25, 0.3) is 0 Å². The summed E-state index contributed by atoms with van der Waals surface area (Å²) in [6, 6.07) is 0. The molecule has 0 aromatic rings. The zero-order valence-electron chi connectivity index (χ0n) is 9.30. The van der Waals surface area contributed by atoms with Crippen LogP contribution in [0.1, 0.15) is 33.6 Å². The van der Waals surface area contributed by atoms with Crippen LogP contribution in [-0.4, -0.2) is 19.1 Å². The van der Waals surface area contributed by atoms with Gasteiger partial charge in [-0.3, -0.25) is 4.55 Å². The summed E-state index contributed by atoms with van der Waals surface area (Å²) in [6.45, 7) is 6.47. The lowest BCUT2D eigenvalue weighted by Gasteiger charge is -2.61. The first kappa shape index (κ1) is 11.4. The van der Waals surface area contributed by atoms with Crippen LogP contribution in [0.5, 0.6) is 0 Å². The highest BCUT2D eigenvalue weighted by Gasteiger charge is 2.57. The molecule has 4 atom stereocenters. The maximum absolute atomic E-state index is 10.7. The van der Waals surface area contributed by atoms with Crippen molar-refractivity contribution in [1.29, 1.82) is 0 Å². The van der Waals surface area contributed by atoms with Crippen LogP contribution in [0.4, 0.5) is 0 Å². The van der Waals surface area contributed by atoms with E-state index in [4.69, 9.17) is 8.74 Å². The van der Waals surface area contributed by atoms with Crippen LogP contribution < -0.4 is 0 Å². The molecule has 88 valence electrons. The molecular formula is C10H18O4S. The van der Waals surface area contributed by atoms with Gasteiger partial charge >= 0.3 is 10.4 Å². The molecule has 0 saturated heterocycles. The molecule has 15 heavy (non-hydrogen) atoms. The van der Waals surface area contributed by atoms with Gasteiger partial charge in [-0.25, -0.2) is 4.18 Å². The van der Waals surface area contributed by atoms with Gasteiger partial charge in [0.1, 0.15) is 0 Å². The minimum absolute atomic E-state index is 0.201. The van der Waals surface area contributed by atoms with E-state index in [1.807, 2.05) is 6.92 Å². The fourth-order valence-electron chi connectivity index (χ4n) is 3.39. The number of hydrogen-bond donors (Lipinski definition) is 1. The smallest absolute Gasteiger partial charge is 0.264 e. The lowest BCUT2D eigenvalue weighted by atomic mass is 9.45. The summed E-state index contributed by atoms with van der Waals surface area (Å²) in [5.74, 6) is 1.25. The third kappa shape index (κ3) is 1.81. The standard InChI is InChI=1S/C10H18O4S/c1-6-8-4-7(10(8,2)3)5-9(6)14-15(11,12)13/h6-9H,4-5H2,1-3H3,(H,11,12,13)/t6-,7+,8-,9-/m0/s1. The van der Waals surface area contributed by atoms with Crippen molar-refractivity contribution in [3.05, 3.63) is 0 Å². The molecule has 0 amide bonds. The van der Waals surface area contributed by atoms with Crippen molar-refractivity contribution in [2.45, 2.75) is 39.7 Å². The second-order valence-electron chi connectivity index (χ2n) is 5.52. The fourth-order valence-corrected chi connectivity index (χ4v) is 3.95. The van der Waals surface area contributed by atoms with E-state index in [1.165, 1.54) is 6.42 Å². The summed E-state index contributed by atoms with van der Waals surface area (Å²) in [6.07, 6.45) is 1.57. The Bertz CT molecular complexity index is 360. The van der Waals surface area contributed by atoms with Crippen LogP contribution in [0.15, 0.2) is 0 Å². The maximum Gasteiger partial charge on any atom is 0.397 e. The van der Waals surface area contributed by atoms with Crippen molar-refractivity contribution in [3.63, 3.8) is 0 Å². The molecule has 2 bridgehead atoms. The first-order valence-electron chi connectivity index (χ1n) is 5.37. The predicted octanol–water partition coefficient (Wildman–Crippen LogP) is 1.88. The molecule has 0 aliphatic heterocycles. The van der Waals surface area contributed by atoms with Gasteiger partial charge in [-0.15, -0.1) is 0 Å². The molecule has 5 heteroatoms. The van der Waals surface area contributed by atoms with Gasteiger partial charge in [0, 0.05) is 0 Å². The highest BCUT2D eigenvalue weighted by Crippen LogP contribution is 2.61. The first-order chi connectivity index (χ1) is 6.72. The summed E-state index contributed by atoms with van der Waals surface area (Å²) in [5, 5.41) is 0. The molecule has 0 heterocycles. The molecule has 3 aliphatic carbocycles. The van der Waals surface area contributed by atoms with E-state index in [0.29, 0.717) is 17.3 Å². The molecule has 3 fully saturated rings. The van der Waals surface area contributed by atoms with Crippen molar-refractivity contribution in [3.8, 4) is 0 Å². The third-order valence-corrected chi connectivity index (χ3v) is 5.02. The molecule has 1 N–H and O–H groups in total. The first-order valence-corrected chi connectivity index (χ1v) is 6.74. The Hall–Kier alpha value is -0.130. The fraction of sp³-hybridized carbons (Fsp3) is 1.00. The molecule has 0 aromatic carbocycles. The van der Waals surface area contributed by atoms with Gasteiger partial charge in [-0.05, 0) is 36.0 Å².